The summed E-state index contributed by atoms with van der Waals surface area (Å²) in [4.78, 5) is 24.6. The molecule has 1 N–H and O–H groups in total. The second-order valence-corrected chi connectivity index (χ2v) is 22.5. The lowest BCUT2D eigenvalue weighted by molar-refractivity contribution is -0.161. The molecular weight excluding hydrogens is 957 g/mol. The molecule has 0 fully saturated rings. The van der Waals surface area contributed by atoms with E-state index in [1.165, 1.54) is 218 Å². The summed E-state index contributed by atoms with van der Waals surface area (Å²) in [5.74, 6) is -0.594. The van der Waals surface area contributed by atoms with Crippen LogP contribution in [0.1, 0.15) is 335 Å². The smallest absolute Gasteiger partial charge is 0.306 e. The van der Waals surface area contributed by atoms with Crippen molar-refractivity contribution < 1.29 is 24.2 Å². The Morgan fingerprint density at radius 3 is 0.833 bits per heavy atom. The highest BCUT2D eigenvalue weighted by atomic mass is 16.6. The van der Waals surface area contributed by atoms with Crippen molar-refractivity contribution in [3.05, 3.63) is 97.2 Å². The summed E-state index contributed by atoms with van der Waals surface area (Å²) >= 11 is 0. The van der Waals surface area contributed by atoms with E-state index < -0.39 is 6.10 Å². The van der Waals surface area contributed by atoms with Gasteiger partial charge in [-0.05, 0) is 96.3 Å². The lowest BCUT2D eigenvalue weighted by Crippen LogP contribution is -2.28. The quantitative estimate of drug-likeness (QED) is 0.0373. The molecule has 0 aromatic heterocycles. The van der Waals surface area contributed by atoms with Crippen molar-refractivity contribution in [2.45, 2.75) is 341 Å². The molecule has 5 heteroatoms. The zero-order valence-electron chi connectivity index (χ0n) is 51.7. The van der Waals surface area contributed by atoms with Crippen LogP contribution < -0.4 is 0 Å². The first kappa shape index (κ1) is 74.8. The lowest BCUT2D eigenvalue weighted by Gasteiger charge is -2.15. The van der Waals surface area contributed by atoms with Crippen molar-refractivity contribution in [2.75, 3.05) is 13.2 Å². The minimum Gasteiger partial charge on any atom is -0.462 e. The maximum Gasteiger partial charge on any atom is 0.306 e. The molecule has 0 radical (unpaired) electrons. The molecule has 0 heterocycles. The van der Waals surface area contributed by atoms with Crippen LogP contribution in [0.15, 0.2) is 97.2 Å². The van der Waals surface area contributed by atoms with Crippen LogP contribution in [0.2, 0.25) is 0 Å². The van der Waals surface area contributed by atoms with Gasteiger partial charge < -0.3 is 14.6 Å². The van der Waals surface area contributed by atoms with E-state index in [9.17, 15) is 14.7 Å². The highest BCUT2D eigenvalue weighted by Gasteiger charge is 2.16. The van der Waals surface area contributed by atoms with E-state index in [0.29, 0.717) is 12.8 Å². The Balaban J connectivity index is 3.42. The van der Waals surface area contributed by atoms with Gasteiger partial charge >= 0.3 is 11.9 Å². The Morgan fingerprint density at radius 1 is 0.308 bits per heavy atom. The number of carbonyl (C=O) groups excluding carboxylic acids is 2. The van der Waals surface area contributed by atoms with Gasteiger partial charge in [0.2, 0.25) is 0 Å². The largest absolute Gasteiger partial charge is 0.462 e. The number of aliphatic hydroxyl groups is 1. The standard InChI is InChI=1S/C73H128O5/c1-3-5-7-9-11-13-15-17-19-21-23-25-27-28-29-30-31-32-33-34-35-36-37-38-39-40-41-42-43-44-46-47-49-51-53-55-57-59-61-63-65-67-72(75)77-70-71(69-74)78-73(76)68-66-64-62-60-58-56-54-52-50-48-45-26-24-22-20-18-16-14-12-10-8-6-4-2/h6,8,12,14-15,17-18,20-21,23-24,26-28,48,50,71,74H,3-5,7,9-11,13,16,19,22,25,29-47,49,51-70H2,1-2H3/b8-6-,14-12-,17-15-,20-18-,23-21-,26-24-,28-27-,50-48-. The summed E-state index contributed by atoms with van der Waals surface area (Å²) < 4.78 is 10.7. The first-order chi connectivity index (χ1) is 38.6. The molecule has 450 valence electrons. The van der Waals surface area contributed by atoms with Gasteiger partial charge in [-0.2, -0.15) is 0 Å². The van der Waals surface area contributed by atoms with Crippen LogP contribution >= 0.6 is 0 Å². The molecule has 1 unspecified atom stereocenters. The topological polar surface area (TPSA) is 72.8 Å². The second kappa shape index (κ2) is 68.1. The average molecular weight is 1090 g/mol. The van der Waals surface area contributed by atoms with Crippen LogP contribution in [0.5, 0.6) is 0 Å². The molecule has 0 aromatic carbocycles. The fourth-order valence-corrected chi connectivity index (χ4v) is 9.83. The first-order valence-electron chi connectivity index (χ1n) is 33.8. The second-order valence-electron chi connectivity index (χ2n) is 22.5. The van der Waals surface area contributed by atoms with Crippen LogP contribution in [-0.2, 0) is 19.1 Å². The van der Waals surface area contributed by atoms with Gasteiger partial charge in [-0.15, -0.1) is 0 Å². The van der Waals surface area contributed by atoms with Crippen LogP contribution in [0.3, 0.4) is 0 Å². The van der Waals surface area contributed by atoms with Gasteiger partial charge in [-0.25, -0.2) is 0 Å². The molecular formula is C73H128O5. The highest BCUT2D eigenvalue weighted by molar-refractivity contribution is 5.70. The Hall–Kier alpha value is -3.18. The van der Waals surface area contributed by atoms with Gasteiger partial charge in [0.15, 0.2) is 6.10 Å². The molecule has 0 aliphatic heterocycles. The van der Waals surface area contributed by atoms with E-state index in [-0.39, 0.29) is 25.2 Å². The van der Waals surface area contributed by atoms with E-state index in [4.69, 9.17) is 9.47 Å². The number of carbonyl (C=O) groups is 2. The lowest BCUT2D eigenvalue weighted by atomic mass is 10.0. The Kier molecular flexibility index (Phi) is 65.3. The maximum absolute atomic E-state index is 12.3. The van der Waals surface area contributed by atoms with Crippen molar-refractivity contribution in [1.82, 2.24) is 0 Å². The van der Waals surface area contributed by atoms with Crippen molar-refractivity contribution >= 4 is 11.9 Å². The SMILES string of the molecule is CC/C=C\C/C=C\C/C=C\C/C=C\C/C=C\CCCCCCCCCC(=O)OC(CO)COC(=O)CCCCCCCCCCCCCCCCCCCCCCCCCCCC/C=C\C/C=C\C/C=C\CCCCCCC. The Labute approximate surface area is 485 Å². The molecule has 0 spiro atoms. The average Bonchev–Trinajstić information content (AvgIpc) is 3.44. The number of ether oxygens (including phenoxy) is 2. The van der Waals surface area contributed by atoms with Gasteiger partial charge in [-0.1, -0.05) is 323 Å². The van der Waals surface area contributed by atoms with Crippen LogP contribution in [0, 0.1) is 0 Å². The predicted molar refractivity (Wildman–Crippen MR) is 343 cm³/mol. The van der Waals surface area contributed by atoms with Crippen LogP contribution in [0.4, 0.5) is 0 Å². The molecule has 0 amide bonds. The number of rotatable bonds is 62. The summed E-state index contributed by atoms with van der Waals surface area (Å²) in [6.07, 6.45) is 97.2. The monoisotopic (exact) mass is 1080 g/mol. The molecule has 0 aliphatic carbocycles. The first-order valence-corrected chi connectivity index (χ1v) is 33.8. The minimum absolute atomic E-state index is 0.0714. The normalized spacial score (nSPS) is 12.8. The summed E-state index contributed by atoms with van der Waals surface area (Å²) in [5.41, 5.74) is 0. The van der Waals surface area contributed by atoms with Crippen molar-refractivity contribution in [2.24, 2.45) is 0 Å². The molecule has 5 nitrogen and oxygen atoms in total. The van der Waals surface area contributed by atoms with Gasteiger partial charge in [0.25, 0.3) is 0 Å². The van der Waals surface area contributed by atoms with Gasteiger partial charge in [0.05, 0.1) is 6.61 Å². The van der Waals surface area contributed by atoms with Crippen molar-refractivity contribution in [3.8, 4) is 0 Å². The van der Waals surface area contributed by atoms with Crippen molar-refractivity contribution in [3.63, 3.8) is 0 Å². The molecule has 0 bridgehead atoms. The van der Waals surface area contributed by atoms with E-state index in [1.807, 2.05) is 0 Å². The third kappa shape index (κ3) is 65.3. The van der Waals surface area contributed by atoms with E-state index >= 15 is 0 Å². The molecule has 1 atom stereocenters. The third-order valence-electron chi connectivity index (χ3n) is 14.9. The predicted octanol–water partition coefficient (Wildman–Crippen LogP) is 23.4. The summed E-state index contributed by atoms with van der Waals surface area (Å²) in [6.45, 7) is 4.03. The van der Waals surface area contributed by atoms with E-state index in [1.54, 1.807) is 0 Å². The number of hydrogen-bond acceptors (Lipinski definition) is 5. The molecule has 78 heavy (non-hydrogen) atoms. The number of allylic oxidation sites excluding steroid dienone is 16. The molecule has 0 rings (SSSR count). The van der Waals surface area contributed by atoms with Crippen LogP contribution in [0.25, 0.3) is 0 Å². The van der Waals surface area contributed by atoms with Crippen LogP contribution in [-0.4, -0.2) is 36.4 Å². The molecule has 0 aliphatic rings. The molecule has 0 saturated heterocycles. The zero-order chi connectivity index (χ0) is 56.2. The Bertz CT molecular complexity index is 1460. The number of unbranched alkanes of at least 4 members (excludes halogenated alkanes) is 38. The van der Waals surface area contributed by atoms with E-state index in [0.717, 1.165) is 89.9 Å². The number of hydrogen-bond donors (Lipinski definition) is 1. The number of esters is 2. The maximum atomic E-state index is 12.3. The number of aliphatic hydroxyl groups excluding tert-OH is 1. The summed E-state index contributed by atoms with van der Waals surface area (Å²) in [7, 11) is 0. The fraction of sp³-hybridized carbons (Fsp3) is 0.753. The summed E-state index contributed by atoms with van der Waals surface area (Å²) in [6, 6.07) is 0. The Morgan fingerprint density at radius 2 is 0.551 bits per heavy atom. The molecule has 0 aromatic rings. The highest BCUT2D eigenvalue weighted by Crippen LogP contribution is 2.18. The van der Waals surface area contributed by atoms with E-state index in [2.05, 4.69) is 111 Å². The van der Waals surface area contributed by atoms with Gasteiger partial charge in [0, 0.05) is 12.8 Å². The molecule has 0 saturated carbocycles. The minimum atomic E-state index is -0.783. The van der Waals surface area contributed by atoms with Gasteiger partial charge in [0.1, 0.15) is 6.61 Å². The fourth-order valence-electron chi connectivity index (χ4n) is 9.83. The van der Waals surface area contributed by atoms with Crippen molar-refractivity contribution in [1.29, 1.82) is 0 Å². The zero-order valence-corrected chi connectivity index (χ0v) is 51.7. The summed E-state index contributed by atoms with van der Waals surface area (Å²) in [5, 5.41) is 9.68. The van der Waals surface area contributed by atoms with Gasteiger partial charge in [-0.3, -0.25) is 9.59 Å². The third-order valence-corrected chi connectivity index (χ3v) is 14.9.